The molecule has 0 spiro atoms. The van der Waals surface area contributed by atoms with Gasteiger partial charge in [-0.3, -0.25) is 13.7 Å². The molecule has 0 fully saturated rings. The number of imidazole rings is 1. The van der Waals surface area contributed by atoms with Gasteiger partial charge >= 0.3 is 0 Å². The highest BCUT2D eigenvalue weighted by Gasteiger charge is 2.24. The van der Waals surface area contributed by atoms with Crippen LogP contribution in [0.1, 0.15) is 35.9 Å². The van der Waals surface area contributed by atoms with Crippen molar-refractivity contribution in [2.24, 2.45) is 0 Å². The normalized spacial score (nSPS) is 13.3. The average Bonchev–Trinajstić information content (AvgIpc) is 1.81. The van der Waals surface area contributed by atoms with Crippen molar-refractivity contribution >= 4 is 54.6 Å². The van der Waals surface area contributed by atoms with Crippen LogP contribution in [-0.4, -0.2) is 18.7 Å². The van der Waals surface area contributed by atoms with E-state index in [2.05, 4.69) is 149 Å². The highest BCUT2D eigenvalue weighted by molar-refractivity contribution is 6.12. The third kappa shape index (κ3) is 7.73. The maximum atomic E-state index is 9.21. The Morgan fingerprint density at radius 3 is 1.87 bits per heavy atom. The van der Waals surface area contributed by atoms with E-state index >= 15 is 0 Å². The topological polar surface area (TPSA) is 40.8 Å². The molecule has 0 unspecified atom stereocenters. The number of benzene rings is 10. The predicted octanol–water partition coefficient (Wildman–Crippen LogP) is 16.9. The number of nitrogens with zero attached hydrogens (tertiary/aromatic N) is 5. The molecule has 10 aromatic carbocycles. The van der Waals surface area contributed by atoms with Crippen molar-refractivity contribution in [3.8, 4) is 56.6 Å². The Labute approximate surface area is 452 Å². The zero-order valence-corrected chi connectivity index (χ0v) is 41.6. The lowest BCUT2D eigenvalue weighted by Crippen LogP contribution is -2.31. The third-order valence-electron chi connectivity index (χ3n) is 14.6. The predicted molar refractivity (Wildman–Crippen MR) is 311 cm³/mol. The van der Waals surface area contributed by atoms with Crippen molar-refractivity contribution < 1.29 is 20.3 Å². The van der Waals surface area contributed by atoms with Crippen LogP contribution < -0.4 is 9.30 Å². The van der Waals surface area contributed by atoms with E-state index in [1.807, 2.05) is 97.2 Å². The fraction of sp³-hybridized carbons (Fsp3) is 0.0571. The second kappa shape index (κ2) is 18.3. The zero-order chi connectivity index (χ0) is 57.7. The van der Waals surface area contributed by atoms with E-state index < -0.39 is 24.2 Å². The molecular formula is C70H51N5O. The summed E-state index contributed by atoms with van der Waals surface area (Å²) in [7, 11) is 0. The molecule has 0 aliphatic heterocycles. The summed E-state index contributed by atoms with van der Waals surface area (Å²) in [6.07, 6.45) is 6.33. The summed E-state index contributed by atoms with van der Waals surface area (Å²) >= 11 is 0. The summed E-state index contributed by atoms with van der Waals surface area (Å²) in [4.78, 5) is 5.01. The number of hydrogen-bond acceptors (Lipinski definition) is 2. The molecule has 6 heteroatoms. The van der Waals surface area contributed by atoms with Gasteiger partial charge in [0.2, 0.25) is 0 Å². The number of aromatic nitrogens is 5. The molecule has 4 heterocycles. The van der Waals surface area contributed by atoms with Gasteiger partial charge in [-0.05, 0) is 118 Å². The van der Waals surface area contributed by atoms with E-state index in [9.17, 15) is 2.74 Å². The Morgan fingerprint density at radius 2 is 1.14 bits per heavy atom. The Bertz CT molecular complexity index is 4840. The molecule has 0 aliphatic rings. The molecule has 0 radical (unpaired) electrons. The molecule has 6 nitrogen and oxygen atoms in total. The van der Waals surface area contributed by atoms with Crippen molar-refractivity contribution in [2.75, 3.05) is 0 Å². The summed E-state index contributed by atoms with van der Waals surface area (Å²) < 4.78 is 86.0. The molecular weight excluding hydrogens is 927 g/mol. The number of rotatable bonds is 11. The molecule has 0 aliphatic carbocycles. The zero-order valence-electron chi connectivity index (χ0n) is 49.6. The van der Waals surface area contributed by atoms with E-state index in [0.29, 0.717) is 23.0 Å². The molecule has 14 rings (SSSR count). The van der Waals surface area contributed by atoms with E-state index in [0.717, 1.165) is 78.5 Å². The first kappa shape index (κ1) is 37.0. The Hall–Kier alpha value is -9.78. The summed E-state index contributed by atoms with van der Waals surface area (Å²) in [5.74, 6) is 1.81. The van der Waals surface area contributed by atoms with Crippen molar-refractivity contribution in [1.29, 1.82) is 0 Å². The summed E-state index contributed by atoms with van der Waals surface area (Å²) in [6.45, 7) is 4.47. The van der Waals surface area contributed by atoms with Crippen LogP contribution in [-0.2, 0) is 11.8 Å². The van der Waals surface area contributed by atoms with Gasteiger partial charge in [0.05, 0.1) is 55.4 Å². The van der Waals surface area contributed by atoms with Crippen molar-refractivity contribution in [3.05, 3.63) is 278 Å². The fourth-order valence-electron chi connectivity index (χ4n) is 11.0. The number of para-hydroxylation sites is 5. The Morgan fingerprint density at radius 1 is 0.500 bits per heavy atom. The van der Waals surface area contributed by atoms with Crippen LogP contribution >= 0.6 is 0 Å². The van der Waals surface area contributed by atoms with Gasteiger partial charge in [0.15, 0.2) is 0 Å². The molecule has 362 valence electrons. The van der Waals surface area contributed by atoms with E-state index in [-0.39, 0.29) is 51.4 Å². The fourth-order valence-corrected chi connectivity index (χ4v) is 11.0. The lowest BCUT2D eigenvalue weighted by Gasteiger charge is -2.25. The van der Waals surface area contributed by atoms with Crippen LogP contribution in [0.2, 0.25) is 0 Å². The summed E-state index contributed by atoms with van der Waals surface area (Å²) in [5, 5.41) is 1.61. The molecule has 0 bridgehead atoms. The maximum Gasteiger partial charge on any atom is 0.269 e. The Kier molecular flexibility index (Phi) is 8.92. The highest BCUT2D eigenvalue weighted by Crippen LogP contribution is 2.40. The smallest absolute Gasteiger partial charge is 0.269 e. The summed E-state index contributed by atoms with van der Waals surface area (Å²) in [5.41, 5.74) is 12.2. The van der Waals surface area contributed by atoms with Crippen molar-refractivity contribution in [2.45, 2.75) is 25.7 Å². The van der Waals surface area contributed by atoms with Crippen molar-refractivity contribution in [3.63, 3.8) is 0 Å². The van der Waals surface area contributed by atoms with Gasteiger partial charge < -0.3 is 9.30 Å². The van der Waals surface area contributed by atoms with Gasteiger partial charge in [0.1, 0.15) is 17.3 Å². The first-order valence-corrected chi connectivity index (χ1v) is 25.3. The van der Waals surface area contributed by atoms with Crippen LogP contribution in [0, 0.1) is 6.33 Å². The second-order valence-electron chi connectivity index (χ2n) is 19.7. The molecule has 4 aromatic heterocycles. The van der Waals surface area contributed by atoms with E-state index in [1.54, 1.807) is 4.57 Å². The maximum absolute atomic E-state index is 9.21. The molecule has 76 heavy (non-hydrogen) atoms. The van der Waals surface area contributed by atoms with Gasteiger partial charge in [-0.1, -0.05) is 190 Å². The van der Waals surface area contributed by atoms with Crippen LogP contribution in [0.5, 0.6) is 11.5 Å². The molecule has 0 amide bonds. The van der Waals surface area contributed by atoms with Gasteiger partial charge in [-0.15, -0.1) is 0 Å². The van der Waals surface area contributed by atoms with Gasteiger partial charge in [-0.25, -0.2) is 4.98 Å². The third-order valence-corrected chi connectivity index (χ3v) is 14.6. The summed E-state index contributed by atoms with van der Waals surface area (Å²) in [6, 6.07) is 66.3. The van der Waals surface area contributed by atoms with E-state index in [1.165, 1.54) is 5.56 Å². The van der Waals surface area contributed by atoms with Crippen molar-refractivity contribution in [1.82, 2.24) is 18.7 Å². The first-order chi connectivity index (χ1) is 40.8. The standard InChI is InChI=1S/C70H51N5O/c1-70(2,51-24-10-5-11-25-51)46-48-40-41-71-68(42-48)75-64-39-36-53(74-62-32-14-12-28-58(62)59-29-13-15-33-63(59)74)44-61(64)60-38-37-55(45-67(60)75)76-54-27-18-26-52(43-54)72-47-73(66-35-17-16-34-65(66)72)69-56(49-20-6-3-7-21-49)30-19-31-57(69)50-22-8-4-9-23-50/h3-45H,46H2,1-2H3/i12D,13D,14D,15D,28D,29D,32D,33D. The van der Waals surface area contributed by atoms with E-state index in [4.69, 9.17) is 17.9 Å². The average molecular weight is 986 g/mol. The lowest BCUT2D eigenvalue weighted by molar-refractivity contribution is -0.571. The molecule has 0 saturated carbocycles. The lowest BCUT2D eigenvalue weighted by atomic mass is 9.79. The van der Waals surface area contributed by atoms with Gasteiger partial charge in [-0.2, -0.15) is 0 Å². The van der Waals surface area contributed by atoms with Gasteiger partial charge in [0, 0.05) is 39.5 Å². The number of hydrogen-bond donors (Lipinski definition) is 0. The number of pyridine rings is 1. The second-order valence-corrected chi connectivity index (χ2v) is 19.7. The van der Waals surface area contributed by atoms with Crippen LogP contribution in [0.25, 0.3) is 99.8 Å². The first-order valence-electron chi connectivity index (χ1n) is 29.3. The molecule has 0 atom stereocenters. The molecule has 0 N–H and O–H groups in total. The highest BCUT2D eigenvalue weighted by atomic mass is 16.5. The molecule has 0 saturated heterocycles. The van der Waals surface area contributed by atoms with Crippen LogP contribution in [0.15, 0.2) is 261 Å². The van der Waals surface area contributed by atoms with Gasteiger partial charge in [0.25, 0.3) is 6.33 Å². The minimum Gasteiger partial charge on any atom is -0.458 e. The SMILES string of the molecule is [2H]c1c([2H])c([2H])c2c(c1[2H])c1c([2H])c([2H])c([2H])c([2H])c1n2-c1ccc2c(c1)c1ccc(Oc3cccc(-n4[c-][n+](-c5c(-c6ccccc6)cccc5-c5ccccc5)c5ccccc54)c3)cc1n2-c1cc(CC(C)(C)c2ccccc2)ccn1. The van der Waals surface area contributed by atoms with Crippen LogP contribution in [0.4, 0.5) is 0 Å². The minimum atomic E-state index is -0.493. The minimum absolute atomic E-state index is 0.0171. The monoisotopic (exact) mass is 985 g/mol. The Balaban J connectivity index is 0.925. The number of fused-ring (bicyclic) bond motifs is 7. The van der Waals surface area contributed by atoms with Crippen LogP contribution in [0.3, 0.4) is 0 Å². The molecule has 14 aromatic rings. The largest absolute Gasteiger partial charge is 0.458 e. The quantitative estimate of drug-likeness (QED) is 0.0957. The number of ether oxygens (including phenoxy) is 1.